The minimum atomic E-state index is -0.314. The molecule has 124 valence electrons. The molecule has 0 aromatic heterocycles. The SMILES string of the molecule is CC(=O)O/C(=C/C=C\C=C=O)CCCCCCCCCCN. The van der Waals surface area contributed by atoms with Crippen molar-refractivity contribution >= 4 is 11.9 Å². The lowest BCUT2D eigenvalue weighted by atomic mass is 10.1. The number of allylic oxidation sites excluding steroid dienone is 5. The van der Waals surface area contributed by atoms with Crippen LogP contribution in [0.1, 0.15) is 64.7 Å². The minimum Gasteiger partial charge on any atom is -0.431 e. The van der Waals surface area contributed by atoms with E-state index in [0.29, 0.717) is 5.76 Å². The molecule has 0 atom stereocenters. The summed E-state index contributed by atoms with van der Waals surface area (Å²) < 4.78 is 5.15. The number of carbonyl (C=O) groups excluding carboxylic acids is 2. The molecule has 0 saturated heterocycles. The van der Waals surface area contributed by atoms with Crippen LogP contribution in [0.2, 0.25) is 0 Å². The quantitative estimate of drug-likeness (QED) is 0.184. The molecule has 0 rings (SSSR count). The fraction of sp³-hybridized carbons (Fsp3) is 0.611. The van der Waals surface area contributed by atoms with Gasteiger partial charge in [-0.1, -0.05) is 50.7 Å². The van der Waals surface area contributed by atoms with Crippen LogP contribution in [-0.4, -0.2) is 18.5 Å². The highest BCUT2D eigenvalue weighted by Gasteiger charge is 2.01. The van der Waals surface area contributed by atoms with Crippen molar-refractivity contribution in [2.24, 2.45) is 5.73 Å². The van der Waals surface area contributed by atoms with E-state index in [1.165, 1.54) is 45.1 Å². The number of ether oxygens (including phenoxy) is 1. The first kappa shape index (κ1) is 20.4. The molecule has 0 bridgehead atoms. The van der Waals surface area contributed by atoms with Crippen molar-refractivity contribution in [1.29, 1.82) is 0 Å². The molecule has 4 heteroatoms. The molecule has 0 aliphatic heterocycles. The summed E-state index contributed by atoms with van der Waals surface area (Å²) >= 11 is 0. The van der Waals surface area contributed by atoms with Crippen LogP contribution in [0.25, 0.3) is 0 Å². The Bertz CT molecular complexity index is 393. The number of carbonyl (C=O) groups is 1. The van der Waals surface area contributed by atoms with Crippen LogP contribution >= 0.6 is 0 Å². The highest BCUT2D eigenvalue weighted by molar-refractivity contribution is 5.67. The molecule has 0 heterocycles. The lowest BCUT2D eigenvalue weighted by Crippen LogP contribution is -1.99. The molecular weight excluding hydrogens is 278 g/mol. The van der Waals surface area contributed by atoms with Gasteiger partial charge < -0.3 is 10.5 Å². The Hall–Kier alpha value is -1.64. The number of rotatable bonds is 13. The Morgan fingerprint density at radius 2 is 1.59 bits per heavy atom. The molecule has 0 aromatic rings. The van der Waals surface area contributed by atoms with Gasteiger partial charge in [0.2, 0.25) is 0 Å². The molecule has 22 heavy (non-hydrogen) atoms. The van der Waals surface area contributed by atoms with E-state index in [4.69, 9.17) is 10.5 Å². The van der Waals surface area contributed by atoms with Crippen molar-refractivity contribution in [3.63, 3.8) is 0 Å². The molecule has 0 radical (unpaired) electrons. The summed E-state index contributed by atoms with van der Waals surface area (Å²) in [4.78, 5) is 21.1. The van der Waals surface area contributed by atoms with Gasteiger partial charge in [0.15, 0.2) is 0 Å². The molecule has 0 aliphatic carbocycles. The summed E-state index contributed by atoms with van der Waals surface area (Å²) in [6.45, 7) is 2.19. The third-order valence-electron chi connectivity index (χ3n) is 3.21. The van der Waals surface area contributed by atoms with E-state index in [1.807, 2.05) is 0 Å². The van der Waals surface area contributed by atoms with Crippen LogP contribution in [-0.2, 0) is 14.3 Å². The molecule has 0 saturated carbocycles. The molecule has 4 nitrogen and oxygen atoms in total. The Labute approximate surface area is 134 Å². The van der Waals surface area contributed by atoms with E-state index in [9.17, 15) is 9.59 Å². The average Bonchev–Trinajstić information content (AvgIpc) is 2.49. The zero-order valence-electron chi connectivity index (χ0n) is 13.7. The maximum Gasteiger partial charge on any atom is 0.307 e. The first-order valence-corrected chi connectivity index (χ1v) is 8.16. The maximum atomic E-state index is 11.0. The van der Waals surface area contributed by atoms with Crippen LogP contribution in [0.4, 0.5) is 0 Å². The van der Waals surface area contributed by atoms with Crippen LogP contribution < -0.4 is 5.73 Å². The molecule has 0 amide bonds. The summed E-state index contributed by atoms with van der Waals surface area (Å²) in [5.41, 5.74) is 5.46. The maximum absolute atomic E-state index is 11.0. The predicted octanol–water partition coefficient (Wildman–Crippen LogP) is 3.85. The van der Waals surface area contributed by atoms with Gasteiger partial charge in [0.05, 0.1) is 0 Å². The lowest BCUT2D eigenvalue weighted by Gasteiger charge is -2.06. The number of esters is 1. The highest BCUT2D eigenvalue weighted by atomic mass is 16.5. The third kappa shape index (κ3) is 14.8. The predicted molar refractivity (Wildman–Crippen MR) is 89.9 cm³/mol. The molecule has 0 fully saturated rings. The number of hydrogen-bond donors (Lipinski definition) is 1. The van der Waals surface area contributed by atoms with Gasteiger partial charge in [-0.05, 0) is 25.5 Å². The van der Waals surface area contributed by atoms with Crippen molar-refractivity contribution in [1.82, 2.24) is 0 Å². The summed E-state index contributed by atoms with van der Waals surface area (Å²) in [7, 11) is 0. The largest absolute Gasteiger partial charge is 0.431 e. The Morgan fingerprint density at radius 1 is 1.00 bits per heavy atom. The first-order chi connectivity index (χ1) is 10.7. The minimum absolute atomic E-state index is 0.314. The average molecular weight is 307 g/mol. The monoisotopic (exact) mass is 307 g/mol. The third-order valence-corrected chi connectivity index (χ3v) is 3.21. The first-order valence-electron chi connectivity index (χ1n) is 8.16. The van der Waals surface area contributed by atoms with E-state index in [-0.39, 0.29) is 5.97 Å². The standard InChI is InChI=1S/C18H29NO3/c1-17(21)22-18(14-10-8-12-16-20)13-9-6-4-2-3-5-7-11-15-19/h8,10,12,14H,2-7,9,11,13,15,19H2,1H3/b10-8-,18-14+. The van der Waals surface area contributed by atoms with E-state index >= 15 is 0 Å². The molecular formula is C18H29NO3. The van der Waals surface area contributed by atoms with Gasteiger partial charge in [0.25, 0.3) is 0 Å². The Kier molecular flexibility index (Phi) is 14.6. The fourth-order valence-corrected chi connectivity index (χ4v) is 2.11. The number of hydrogen-bond acceptors (Lipinski definition) is 4. The van der Waals surface area contributed by atoms with Gasteiger partial charge in [-0.15, -0.1) is 0 Å². The molecule has 2 N–H and O–H groups in total. The van der Waals surface area contributed by atoms with Crippen molar-refractivity contribution in [3.05, 3.63) is 30.1 Å². The van der Waals surface area contributed by atoms with Crippen LogP contribution in [0, 0.1) is 0 Å². The number of nitrogens with two attached hydrogens (primary N) is 1. The fourth-order valence-electron chi connectivity index (χ4n) is 2.11. The second kappa shape index (κ2) is 15.7. The summed E-state index contributed by atoms with van der Waals surface area (Å²) in [6.07, 6.45) is 16.5. The lowest BCUT2D eigenvalue weighted by molar-refractivity contribution is -0.137. The zero-order chi connectivity index (χ0) is 16.5. The molecule has 0 aromatic carbocycles. The smallest absolute Gasteiger partial charge is 0.307 e. The van der Waals surface area contributed by atoms with Gasteiger partial charge in [-0.2, -0.15) is 0 Å². The van der Waals surface area contributed by atoms with Gasteiger partial charge in [0, 0.05) is 19.4 Å². The topological polar surface area (TPSA) is 69.4 Å². The molecule has 0 aliphatic rings. The van der Waals surface area contributed by atoms with Crippen molar-refractivity contribution < 1.29 is 14.3 Å². The van der Waals surface area contributed by atoms with Crippen LogP contribution in [0.15, 0.2) is 30.1 Å². The van der Waals surface area contributed by atoms with Crippen LogP contribution in [0.3, 0.4) is 0 Å². The molecule has 0 spiro atoms. The van der Waals surface area contributed by atoms with E-state index in [0.717, 1.165) is 32.2 Å². The number of unbranched alkanes of at least 4 members (excludes halogenated alkanes) is 7. The molecule has 0 unspecified atom stereocenters. The van der Waals surface area contributed by atoms with Gasteiger partial charge in [-0.25, -0.2) is 4.79 Å². The van der Waals surface area contributed by atoms with Crippen molar-refractivity contribution in [2.45, 2.75) is 64.7 Å². The van der Waals surface area contributed by atoms with Gasteiger partial charge in [0.1, 0.15) is 11.7 Å². The highest BCUT2D eigenvalue weighted by Crippen LogP contribution is 2.14. The Morgan fingerprint density at radius 3 is 2.14 bits per heavy atom. The summed E-state index contributed by atoms with van der Waals surface area (Å²) in [5, 5.41) is 0. The van der Waals surface area contributed by atoms with Gasteiger partial charge >= 0.3 is 5.97 Å². The van der Waals surface area contributed by atoms with Crippen LogP contribution in [0.5, 0.6) is 0 Å². The summed E-state index contributed by atoms with van der Waals surface area (Å²) in [5.74, 6) is 1.99. The van der Waals surface area contributed by atoms with E-state index in [2.05, 4.69) is 0 Å². The normalized spacial score (nSPS) is 11.5. The van der Waals surface area contributed by atoms with E-state index in [1.54, 1.807) is 24.2 Å². The van der Waals surface area contributed by atoms with Crippen molar-refractivity contribution in [3.8, 4) is 0 Å². The summed E-state index contributed by atoms with van der Waals surface area (Å²) in [6, 6.07) is 0. The van der Waals surface area contributed by atoms with E-state index < -0.39 is 0 Å². The zero-order valence-corrected chi connectivity index (χ0v) is 13.7. The van der Waals surface area contributed by atoms with Gasteiger partial charge in [-0.3, -0.25) is 4.79 Å². The second-order valence-corrected chi connectivity index (χ2v) is 5.26. The van der Waals surface area contributed by atoms with Crippen molar-refractivity contribution in [2.75, 3.05) is 6.54 Å². The Balaban J connectivity index is 3.84. The second-order valence-electron chi connectivity index (χ2n) is 5.26.